The number of benzene rings is 1. The van der Waals surface area contributed by atoms with E-state index in [2.05, 4.69) is 9.88 Å². The lowest BCUT2D eigenvalue weighted by Gasteiger charge is -2.34. The highest BCUT2D eigenvalue weighted by atomic mass is 32.2. The Hall–Kier alpha value is -1.83. The van der Waals surface area contributed by atoms with Crippen LogP contribution in [-0.2, 0) is 16.6 Å². The summed E-state index contributed by atoms with van der Waals surface area (Å²) in [5.74, 6) is -0.702. The molecule has 7 heteroatoms. The molecule has 0 bridgehead atoms. The Labute approximate surface area is 135 Å². The summed E-state index contributed by atoms with van der Waals surface area (Å²) in [7, 11) is -3.77. The summed E-state index contributed by atoms with van der Waals surface area (Å²) in [5, 5.41) is 0. The number of halogens is 1. The highest BCUT2D eigenvalue weighted by Gasteiger charge is 2.30. The molecule has 0 radical (unpaired) electrons. The van der Waals surface area contributed by atoms with Gasteiger partial charge in [-0.1, -0.05) is 12.1 Å². The summed E-state index contributed by atoms with van der Waals surface area (Å²) in [4.78, 5) is 5.92. The fraction of sp³-hybridized carbons (Fsp3) is 0.312. The Bertz CT molecular complexity index is 760. The third kappa shape index (κ3) is 3.57. The number of hydrogen-bond acceptors (Lipinski definition) is 4. The zero-order chi connectivity index (χ0) is 16.3. The minimum atomic E-state index is -3.77. The zero-order valence-corrected chi connectivity index (χ0v) is 13.4. The molecule has 1 aliphatic rings. The Balaban J connectivity index is 1.66. The van der Waals surface area contributed by atoms with Gasteiger partial charge in [0.2, 0.25) is 10.0 Å². The van der Waals surface area contributed by atoms with Crippen LogP contribution in [0.4, 0.5) is 4.39 Å². The fourth-order valence-electron chi connectivity index (χ4n) is 2.67. The number of pyridine rings is 1. The van der Waals surface area contributed by atoms with Crippen molar-refractivity contribution in [3.8, 4) is 0 Å². The molecule has 0 aliphatic carbocycles. The molecular weight excluding hydrogens is 317 g/mol. The van der Waals surface area contributed by atoms with Gasteiger partial charge in [0.05, 0.1) is 0 Å². The van der Waals surface area contributed by atoms with E-state index >= 15 is 0 Å². The summed E-state index contributed by atoms with van der Waals surface area (Å²) >= 11 is 0. The first-order valence-corrected chi connectivity index (χ1v) is 8.87. The highest BCUT2D eigenvalue weighted by Crippen LogP contribution is 2.20. The van der Waals surface area contributed by atoms with Gasteiger partial charge in [-0.2, -0.15) is 4.31 Å². The summed E-state index contributed by atoms with van der Waals surface area (Å²) in [6.45, 7) is 2.73. The smallest absolute Gasteiger partial charge is 0.246 e. The number of sulfonamides is 1. The van der Waals surface area contributed by atoms with E-state index in [0.29, 0.717) is 26.2 Å². The largest absolute Gasteiger partial charge is 0.296 e. The number of aromatic nitrogens is 1. The Kier molecular flexibility index (Phi) is 4.70. The zero-order valence-electron chi connectivity index (χ0n) is 12.6. The quantitative estimate of drug-likeness (QED) is 0.854. The number of piperazine rings is 1. The van der Waals surface area contributed by atoms with Gasteiger partial charge < -0.3 is 0 Å². The van der Waals surface area contributed by atoms with Crippen molar-refractivity contribution in [1.29, 1.82) is 0 Å². The lowest BCUT2D eigenvalue weighted by molar-refractivity contribution is 0.181. The van der Waals surface area contributed by atoms with Gasteiger partial charge in [0.1, 0.15) is 10.7 Å². The summed E-state index contributed by atoms with van der Waals surface area (Å²) in [6.07, 6.45) is 3.49. The second kappa shape index (κ2) is 6.74. The first-order chi connectivity index (χ1) is 11.1. The maximum absolute atomic E-state index is 13.8. The van der Waals surface area contributed by atoms with Crippen LogP contribution in [-0.4, -0.2) is 48.8 Å². The van der Waals surface area contributed by atoms with Crippen molar-refractivity contribution in [2.75, 3.05) is 26.2 Å². The van der Waals surface area contributed by atoms with Crippen molar-refractivity contribution in [3.05, 3.63) is 60.2 Å². The van der Waals surface area contributed by atoms with Crippen molar-refractivity contribution in [2.45, 2.75) is 11.4 Å². The monoisotopic (exact) mass is 335 g/mol. The summed E-state index contributed by atoms with van der Waals surface area (Å²) < 4.78 is 40.2. The van der Waals surface area contributed by atoms with E-state index in [-0.39, 0.29) is 4.90 Å². The van der Waals surface area contributed by atoms with Crippen molar-refractivity contribution in [3.63, 3.8) is 0 Å². The standard InChI is InChI=1S/C16H18FN3O2S/c17-15-3-1-2-4-16(15)23(21,22)20-11-9-19(10-12-20)13-14-5-7-18-8-6-14/h1-8H,9-13H2. The van der Waals surface area contributed by atoms with Gasteiger partial charge in [0.25, 0.3) is 0 Å². The minimum absolute atomic E-state index is 0.248. The number of nitrogens with zero attached hydrogens (tertiary/aromatic N) is 3. The third-order valence-corrected chi connectivity index (χ3v) is 5.87. The van der Waals surface area contributed by atoms with Gasteiger partial charge in [-0.05, 0) is 29.8 Å². The molecule has 1 aromatic carbocycles. The lowest BCUT2D eigenvalue weighted by Crippen LogP contribution is -2.48. The van der Waals surface area contributed by atoms with Crippen LogP contribution >= 0.6 is 0 Å². The molecule has 2 heterocycles. The Morgan fingerprint density at radius 1 is 1.00 bits per heavy atom. The van der Waals surface area contributed by atoms with Crippen LogP contribution in [0, 0.1) is 5.82 Å². The van der Waals surface area contributed by atoms with Crippen molar-refractivity contribution in [1.82, 2.24) is 14.2 Å². The van der Waals surface area contributed by atoms with Gasteiger partial charge in [-0.15, -0.1) is 0 Å². The van der Waals surface area contributed by atoms with E-state index in [4.69, 9.17) is 0 Å². The van der Waals surface area contributed by atoms with Crippen LogP contribution in [0.15, 0.2) is 53.7 Å². The molecule has 1 aliphatic heterocycles. The molecule has 0 amide bonds. The first-order valence-electron chi connectivity index (χ1n) is 7.43. The van der Waals surface area contributed by atoms with Crippen LogP contribution < -0.4 is 0 Å². The molecular formula is C16H18FN3O2S. The molecule has 122 valence electrons. The molecule has 1 fully saturated rings. The highest BCUT2D eigenvalue weighted by molar-refractivity contribution is 7.89. The summed E-state index contributed by atoms with van der Waals surface area (Å²) in [5.41, 5.74) is 1.14. The van der Waals surface area contributed by atoms with E-state index in [9.17, 15) is 12.8 Å². The molecule has 0 unspecified atom stereocenters. The predicted octanol–water partition coefficient (Wildman–Crippen LogP) is 1.73. The molecule has 0 spiro atoms. The molecule has 1 saturated heterocycles. The van der Waals surface area contributed by atoms with Crippen molar-refractivity contribution in [2.24, 2.45) is 0 Å². The Morgan fingerprint density at radius 3 is 2.30 bits per heavy atom. The third-order valence-electron chi connectivity index (χ3n) is 3.94. The Morgan fingerprint density at radius 2 is 1.65 bits per heavy atom. The topological polar surface area (TPSA) is 53.5 Å². The van der Waals surface area contributed by atoms with Gasteiger partial charge in [0.15, 0.2) is 0 Å². The van der Waals surface area contributed by atoms with Gasteiger partial charge >= 0.3 is 0 Å². The van der Waals surface area contributed by atoms with E-state index in [1.807, 2.05) is 12.1 Å². The van der Waals surface area contributed by atoms with Crippen molar-refractivity contribution >= 4 is 10.0 Å². The van der Waals surface area contributed by atoms with E-state index < -0.39 is 15.8 Å². The SMILES string of the molecule is O=S(=O)(c1ccccc1F)N1CCN(Cc2ccncc2)CC1. The second-order valence-corrected chi connectivity index (χ2v) is 7.37. The normalized spacial score (nSPS) is 17.3. The average Bonchev–Trinajstić information content (AvgIpc) is 2.56. The average molecular weight is 335 g/mol. The van der Waals surface area contributed by atoms with Crippen molar-refractivity contribution < 1.29 is 12.8 Å². The molecule has 0 saturated carbocycles. The van der Waals surface area contributed by atoms with Gasteiger partial charge in [0, 0.05) is 45.1 Å². The van der Waals surface area contributed by atoms with Crippen LogP contribution in [0.5, 0.6) is 0 Å². The lowest BCUT2D eigenvalue weighted by atomic mass is 10.2. The van der Waals surface area contributed by atoms with E-state index in [1.54, 1.807) is 12.4 Å². The first kappa shape index (κ1) is 16.0. The fourth-order valence-corrected chi connectivity index (χ4v) is 4.15. The maximum Gasteiger partial charge on any atom is 0.246 e. The molecule has 5 nitrogen and oxygen atoms in total. The molecule has 0 atom stereocenters. The van der Waals surface area contributed by atoms with Gasteiger partial charge in [-0.3, -0.25) is 9.88 Å². The molecule has 0 N–H and O–H groups in total. The van der Waals surface area contributed by atoms with E-state index in [0.717, 1.165) is 12.1 Å². The van der Waals surface area contributed by atoms with Gasteiger partial charge in [-0.25, -0.2) is 12.8 Å². The molecule has 3 rings (SSSR count). The maximum atomic E-state index is 13.8. The van der Waals surface area contributed by atoms with E-state index in [1.165, 1.54) is 28.6 Å². The predicted molar refractivity (Wildman–Crippen MR) is 84.7 cm³/mol. The van der Waals surface area contributed by atoms with Crippen LogP contribution in [0.25, 0.3) is 0 Å². The second-order valence-electron chi connectivity index (χ2n) is 5.47. The number of rotatable bonds is 4. The molecule has 1 aromatic heterocycles. The number of hydrogen-bond donors (Lipinski definition) is 0. The minimum Gasteiger partial charge on any atom is -0.296 e. The van der Waals surface area contributed by atoms with Crippen LogP contribution in [0.3, 0.4) is 0 Å². The van der Waals surface area contributed by atoms with Crippen LogP contribution in [0.2, 0.25) is 0 Å². The van der Waals surface area contributed by atoms with Crippen LogP contribution in [0.1, 0.15) is 5.56 Å². The molecule has 23 heavy (non-hydrogen) atoms. The summed E-state index contributed by atoms with van der Waals surface area (Å²) in [6, 6.07) is 9.40. The molecule has 2 aromatic rings.